The van der Waals surface area contributed by atoms with Gasteiger partial charge in [-0.05, 0) is 38.0 Å². The summed E-state index contributed by atoms with van der Waals surface area (Å²) in [5, 5.41) is 8.93. The van der Waals surface area contributed by atoms with Gasteiger partial charge < -0.3 is 9.80 Å². The van der Waals surface area contributed by atoms with Gasteiger partial charge in [-0.25, -0.2) is 0 Å². The van der Waals surface area contributed by atoms with E-state index in [9.17, 15) is 4.79 Å². The van der Waals surface area contributed by atoms with E-state index in [2.05, 4.69) is 73.1 Å². The summed E-state index contributed by atoms with van der Waals surface area (Å²) in [5.74, 6) is 1.20. The number of carbonyl (C=O) groups is 1. The van der Waals surface area contributed by atoms with E-state index in [0.29, 0.717) is 6.54 Å². The summed E-state index contributed by atoms with van der Waals surface area (Å²) in [6.45, 7) is 10.0. The van der Waals surface area contributed by atoms with Crippen molar-refractivity contribution in [3.05, 3.63) is 42.0 Å². The standard InChI is InChI=1S/C25H34N6O/c1-20-4-2-5-21(18-20)23-8-9-24(27-26-23)30-12-10-28(11-13-30)19-25(32)31-16-14-29(15-17-31)22-6-3-7-22/h2,4-5,8-9,18,22H,3,6-7,10-17,19H2,1H3. The number of anilines is 1. The van der Waals surface area contributed by atoms with Gasteiger partial charge in [0.25, 0.3) is 0 Å². The lowest BCUT2D eigenvalue weighted by Gasteiger charge is -2.43. The lowest BCUT2D eigenvalue weighted by Crippen LogP contribution is -2.56. The minimum Gasteiger partial charge on any atom is -0.353 e. The lowest BCUT2D eigenvalue weighted by atomic mass is 9.91. The fraction of sp³-hybridized carbons (Fsp3) is 0.560. The van der Waals surface area contributed by atoms with Crippen molar-refractivity contribution in [2.75, 3.05) is 63.8 Å². The minimum atomic E-state index is 0.286. The van der Waals surface area contributed by atoms with Gasteiger partial charge in [0.2, 0.25) is 5.91 Å². The van der Waals surface area contributed by atoms with E-state index >= 15 is 0 Å². The van der Waals surface area contributed by atoms with Crippen LogP contribution in [-0.4, -0.2) is 95.7 Å². The Kier molecular flexibility index (Phi) is 6.37. The number of piperazine rings is 2. The predicted molar refractivity (Wildman–Crippen MR) is 127 cm³/mol. The van der Waals surface area contributed by atoms with Crippen molar-refractivity contribution < 1.29 is 4.79 Å². The molecule has 1 aliphatic carbocycles. The van der Waals surface area contributed by atoms with Crippen LogP contribution >= 0.6 is 0 Å². The van der Waals surface area contributed by atoms with E-state index in [1.807, 2.05) is 0 Å². The Labute approximate surface area is 191 Å². The first-order chi connectivity index (χ1) is 15.7. The monoisotopic (exact) mass is 434 g/mol. The fourth-order valence-electron chi connectivity index (χ4n) is 4.97. The summed E-state index contributed by atoms with van der Waals surface area (Å²) in [4.78, 5) is 22.0. The van der Waals surface area contributed by atoms with Crippen molar-refractivity contribution in [1.82, 2.24) is 24.9 Å². The van der Waals surface area contributed by atoms with Crippen LogP contribution in [0.5, 0.6) is 0 Å². The molecule has 2 saturated heterocycles. The fourth-order valence-corrected chi connectivity index (χ4v) is 4.97. The van der Waals surface area contributed by atoms with Gasteiger partial charge in [0, 0.05) is 64.0 Å². The third-order valence-electron chi connectivity index (χ3n) is 7.28. The first-order valence-corrected chi connectivity index (χ1v) is 12.1. The molecule has 0 atom stereocenters. The van der Waals surface area contributed by atoms with E-state index in [1.165, 1.54) is 24.8 Å². The van der Waals surface area contributed by atoms with Gasteiger partial charge >= 0.3 is 0 Å². The van der Waals surface area contributed by atoms with E-state index in [1.54, 1.807) is 0 Å². The van der Waals surface area contributed by atoms with E-state index in [-0.39, 0.29) is 5.91 Å². The Morgan fingerprint density at radius 2 is 1.72 bits per heavy atom. The molecule has 1 aromatic carbocycles. The largest absolute Gasteiger partial charge is 0.353 e. The van der Waals surface area contributed by atoms with Gasteiger partial charge in [0.1, 0.15) is 0 Å². The van der Waals surface area contributed by atoms with Crippen molar-refractivity contribution in [2.24, 2.45) is 0 Å². The molecular formula is C25H34N6O. The topological polar surface area (TPSA) is 55.8 Å². The molecule has 3 fully saturated rings. The number of carbonyl (C=O) groups excluding carboxylic acids is 1. The van der Waals surface area contributed by atoms with Crippen LogP contribution in [0.2, 0.25) is 0 Å². The second-order valence-electron chi connectivity index (χ2n) is 9.41. The molecule has 0 unspecified atom stereocenters. The van der Waals surface area contributed by atoms with Gasteiger partial charge in [-0.15, -0.1) is 10.2 Å². The van der Waals surface area contributed by atoms with Gasteiger partial charge in [0.05, 0.1) is 12.2 Å². The normalized spacial score (nSPS) is 20.9. The number of hydrogen-bond acceptors (Lipinski definition) is 6. The van der Waals surface area contributed by atoms with Crippen LogP contribution in [0, 0.1) is 6.92 Å². The minimum absolute atomic E-state index is 0.286. The predicted octanol–water partition coefficient (Wildman–Crippen LogP) is 2.27. The molecule has 0 radical (unpaired) electrons. The highest BCUT2D eigenvalue weighted by atomic mass is 16.2. The molecule has 32 heavy (non-hydrogen) atoms. The van der Waals surface area contributed by atoms with Gasteiger partial charge in [-0.3, -0.25) is 14.6 Å². The molecule has 0 bridgehead atoms. The highest BCUT2D eigenvalue weighted by Gasteiger charge is 2.30. The summed E-state index contributed by atoms with van der Waals surface area (Å²) >= 11 is 0. The quantitative estimate of drug-likeness (QED) is 0.720. The molecule has 170 valence electrons. The maximum atomic E-state index is 12.8. The van der Waals surface area contributed by atoms with Crippen molar-refractivity contribution in [3.63, 3.8) is 0 Å². The molecule has 2 aliphatic heterocycles. The van der Waals surface area contributed by atoms with Crippen LogP contribution in [0.4, 0.5) is 5.82 Å². The van der Waals surface area contributed by atoms with Gasteiger partial charge in [0.15, 0.2) is 5.82 Å². The van der Waals surface area contributed by atoms with Gasteiger partial charge in [-0.1, -0.05) is 30.2 Å². The molecule has 1 aromatic heterocycles. The zero-order valence-electron chi connectivity index (χ0n) is 19.1. The van der Waals surface area contributed by atoms with Crippen LogP contribution in [0.25, 0.3) is 11.3 Å². The Morgan fingerprint density at radius 1 is 0.938 bits per heavy atom. The Bertz CT molecular complexity index is 912. The summed E-state index contributed by atoms with van der Waals surface area (Å²) in [6.07, 6.45) is 4.06. The molecule has 0 N–H and O–H groups in total. The first kappa shape index (κ1) is 21.3. The van der Waals surface area contributed by atoms with E-state index < -0.39 is 0 Å². The average Bonchev–Trinajstić information content (AvgIpc) is 2.79. The highest BCUT2D eigenvalue weighted by molar-refractivity contribution is 5.78. The third kappa shape index (κ3) is 4.79. The van der Waals surface area contributed by atoms with Crippen molar-refractivity contribution >= 4 is 11.7 Å². The molecule has 1 saturated carbocycles. The highest BCUT2D eigenvalue weighted by Crippen LogP contribution is 2.25. The molecule has 3 aliphatic rings. The smallest absolute Gasteiger partial charge is 0.236 e. The molecule has 1 amide bonds. The van der Waals surface area contributed by atoms with E-state index in [0.717, 1.165) is 75.5 Å². The van der Waals surface area contributed by atoms with Crippen LogP contribution in [0.1, 0.15) is 24.8 Å². The Balaban J connectivity index is 1.08. The summed E-state index contributed by atoms with van der Waals surface area (Å²) < 4.78 is 0. The average molecular weight is 435 g/mol. The SMILES string of the molecule is Cc1cccc(-c2ccc(N3CCN(CC(=O)N4CCN(C5CCC5)CC4)CC3)nn2)c1. The summed E-state index contributed by atoms with van der Waals surface area (Å²) in [7, 11) is 0. The summed E-state index contributed by atoms with van der Waals surface area (Å²) in [5.41, 5.74) is 3.22. The molecule has 2 aromatic rings. The van der Waals surface area contributed by atoms with Crippen molar-refractivity contribution in [1.29, 1.82) is 0 Å². The molecule has 7 heteroatoms. The van der Waals surface area contributed by atoms with Gasteiger partial charge in [-0.2, -0.15) is 0 Å². The van der Waals surface area contributed by atoms with E-state index in [4.69, 9.17) is 0 Å². The van der Waals surface area contributed by atoms with Crippen LogP contribution < -0.4 is 4.90 Å². The molecule has 0 spiro atoms. The number of nitrogens with zero attached hydrogens (tertiary/aromatic N) is 6. The number of amides is 1. The zero-order chi connectivity index (χ0) is 21.9. The number of hydrogen-bond donors (Lipinski definition) is 0. The van der Waals surface area contributed by atoms with Crippen LogP contribution in [0.3, 0.4) is 0 Å². The zero-order valence-corrected chi connectivity index (χ0v) is 19.1. The number of aromatic nitrogens is 2. The number of benzene rings is 1. The maximum absolute atomic E-state index is 12.8. The molecule has 7 nitrogen and oxygen atoms in total. The molecule has 5 rings (SSSR count). The first-order valence-electron chi connectivity index (χ1n) is 12.1. The molecular weight excluding hydrogens is 400 g/mol. The van der Waals surface area contributed by atoms with Crippen LogP contribution in [0.15, 0.2) is 36.4 Å². The third-order valence-corrected chi connectivity index (χ3v) is 7.28. The molecule has 3 heterocycles. The maximum Gasteiger partial charge on any atom is 0.236 e. The number of rotatable bonds is 5. The summed E-state index contributed by atoms with van der Waals surface area (Å²) in [6, 6.07) is 13.2. The van der Waals surface area contributed by atoms with Crippen molar-refractivity contribution in [3.8, 4) is 11.3 Å². The van der Waals surface area contributed by atoms with Crippen LogP contribution in [-0.2, 0) is 4.79 Å². The number of aryl methyl sites for hydroxylation is 1. The second-order valence-corrected chi connectivity index (χ2v) is 9.41. The Hall–Kier alpha value is -2.51. The second kappa shape index (κ2) is 9.55. The van der Waals surface area contributed by atoms with Crippen molar-refractivity contribution in [2.45, 2.75) is 32.2 Å². The lowest BCUT2D eigenvalue weighted by molar-refractivity contribution is -0.134. The Morgan fingerprint density at radius 3 is 2.34 bits per heavy atom.